The summed E-state index contributed by atoms with van der Waals surface area (Å²) in [5, 5.41) is 5.51. The maximum atomic E-state index is 7.79. The number of hydrogen-bond donors (Lipinski definition) is 0. The van der Waals surface area contributed by atoms with Crippen molar-refractivity contribution in [1.82, 2.24) is 29.5 Å². The summed E-state index contributed by atoms with van der Waals surface area (Å²) in [5.74, 6) is 0.748. The Kier molecular flexibility index (Phi) is 5.28. The van der Waals surface area contributed by atoms with Gasteiger partial charge in [0.25, 0.3) is 0 Å². The van der Waals surface area contributed by atoms with Crippen LogP contribution in [0.3, 0.4) is 0 Å². The fourth-order valence-corrected chi connectivity index (χ4v) is 4.24. The normalized spacial score (nSPS) is 15.0. The van der Waals surface area contributed by atoms with E-state index in [2.05, 4.69) is 20.0 Å². The van der Waals surface area contributed by atoms with Crippen molar-refractivity contribution in [2.75, 3.05) is 39.5 Å². The summed E-state index contributed by atoms with van der Waals surface area (Å²) < 4.78 is 20.8. The lowest BCUT2D eigenvalue weighted by Gasteiger charge is -2.26. The number of ether oxygens (including phenoxy) is 2. The Morgan fingerprint density at radius 3 is 2.76 bits per heavy atom. The molecule has 0 aliphatic carbocycles. The van der Waals surface area contributed by atoms with Crippen molar-refractivity contribution < 1.29 is 10.8 Å². The largest absolute Gasteiger partial charge is 0.491 e. The molecule has 5 aromatic rings. The van der Waals surface area contributed by atoms with E-state index in [1.807, 2.05) is 55.0 Å². The van der Waals surface area contributed by atoms with Crippen molar-refractivity contribution >= 4 is 16.6 Å². The van der Waals surface area contributed by atoms with Gasteiger partial charge in [0, 0.05) is 54.7 Å². The quantitative estimate of drug-likeness (QED) is 0.388. The first-order valence-corrected chi connectivity index (χ1v) is 11.3. The topological polar surface area (TPSA) is 77.7 Å². The van der Waals surface area contributed by atoms with E-state index in [1.165, 1.54) is 0 Å². The fourth-order valence-electron chi connectivity index (χ4n) is 4.24. The number of fused-ring (bicyclic) bond motifs is 2. The summed E-state index contributed by atoms with van der Waals surface area (Å²) in [6, 6.07) is 13.4. The maximum Gasteiger partial charge on any atom is 0.162 e. The van der Waals surface area contributed by atoms with Gasteiger partial charge >= 0.3 is 0 Å². The summed E-state index contributed by atoms with van der Waals surface area (Å²) in [4.78, 5) is 15.9. The van der Waals surface area contributed by atoms with Gasteiger partial charge in [0.15, 0.2) is 5.65 Å². The predicted octanol–water partition coefficient (Wildman–Crippen LogP) is 3.72. The molecule has 8 nitrogen and oxygen atoms in total. The van der Waals surface area contributed by atoms with Gasteiger partial charge < -0.3 is 9.47 Å². The van der Waals surface area contributed by atoms with Crippen molar-refractivity contribution in [3.63, 3.8) is 0 Å². The molecule has 1 aliphatic rings. The molecule has 0 unspecified atom stereocenters. The molecule has 0 atom stereocenters. The van der Waals surface area contributed by atoms with Crippen molar-refractivity contribution in [2.24, 2.45) is 0 Å². The molecule has 34 heavy (non-hydrogen) atoms. The molecule has 1 aromatic carbocycles. The monoisotopic (exact) mass is 453 g/mol. The van der Waals surface area contributed by atoms with E-state index < -0.39 is 0 Å². The van der Waals surface area contributed by atoms with E-state index in [-0.39, 0.29) is 6.17 Å². The van der Waals surface area contributed by atoms with E-state index >= 15 is 0 Å². The van der Waals surface area contributed by atoms with Crippen molar-refractivity contribution in [3.05, 3.63) is 73.4 Å². The van der Waals surface area contributed by atoms with Gasteiger partial charge in [-0.1, -0.05) is 18.2 Å². The average Bonchev–Trinajstić information content (AvgIpc) is 3.32. The van der Waals surface area contributed by atoms with Gasteiger partial charge in [-0.3, -0.25) is 14.9 Å². The lowest BCUT2D eigenvalue weighted by molar-refractivity contribution is 0.0322. The molecule has 0 saturated carbocycles. The lowest BCUT2D eigenvalue weighted by Crippen LogP contribution is -2.38. The van der Waals surface area contributed by atoms with Crippen LogP contribution in [0.5, 0.6) is 5.75 Å². The highest BCUT2D eigenvalue weighted by Gasteiger charge is 2.13. The Morgan fingerprint density at radius 1 is 0.941 bits per heavy atom. The molecule has 170 valence electrons. The van der Waals surface area contributed by atoms with Crippen LogP contribution < -0.4 is 4.74 Å². The summed E-state index contributed by atoms with van der Waals surface area (Å²) >= 11 is 0. The Balaban J connectivity index is 1.21. The van der Waals surface area contributed by atoms with E-state index in [0.29, 0.717) is 6.61 Å². The van der Waals surface area contributed by atoms with Crippen molar-refractivity contribution in [3.8, 4) is 28.1 Å². The third kappa shape index (κ3) is 4.09. The zero-order valence-corrected chi connectivity index (χ0v) is 18.6. The minimum absolute atomic E-state index is 0.248. The Hall–Kier alpha value is -3.88. The molecule has 1 aliphatic heterocycles. The van der Waals surface area contributed by atoms with Crippen LogP contribution in [0.1, 0.15) is 1.37 Å². The van der Waals surface area contributed by atoms with Crippen LogP contribution in [0.15, 0.2) is 73.4 Å². The van der Waals surface area contributed by atoms with Gasteiger partial charge in [-0.25, -0.2) is 9.50 Å². The molecular formula is C26H24N6O2. The SMILES string of the molecule is [2H]c1ccc2c(-c3cnn4cc(-c5ccc(OCCN6CCOCC6)cn5)cnc34)cccc2n1. The lowest BCUT2D eigenvalue weighted by atomic mass is 10.0. The number of nitrogens with zero attached hydrogens (tertiary/aromatic N) is 6. The van der Waals surface area contributed by atoms with Gasteiger partial charge in [0.1, 0.15) is 12.4 Å². The van der Waals surface area contributed by atoms with Crippen LogP contribution in [-0.2, 0) is 4.74 Å². The van der Waals surface area contributed by atoms with Crippen LogP contribution >= 0.6 is 0 Å². The first-order chi connectivity index (χ1) is 17.2. The van der Waals surface area contributed by atoms with Crippen LogP contribution in [0.25, 0.3) is 38.9 Å². The summed E-state index contributed by atoms with van der Waals surface area (Å²) in [6.07, 6.45) is 7.55. The third-order valence-corrected chi connectivity index (χ3v) is 6.05. The van der Waals surface area contributed by atoms with Crippen LogP contribution in [-0.4, -0.2) is 68.9 Å². The second-order valence-corrected chi connectivity index (χ2v) is 8.16. The van der Waals surface area contributed by atoms with Crippen molar-refractivity contribution in [1.29, 1.82) is 0 Å². The van der Waals surface area contributed by atoms with Crippen LogP contribution in [0, 0.1) is 0 Å². The van der Waals surface area contributed by atoms with E-state index in [1.54, 1.807) is 16.8 Å². The van der Waals surface area contributed by atoms with Crippen LogP contribution in [0.2, 0.25) is 0 Å². The fraction of sp³-hybridized carbons (Fsp3) is 0.231. The predicted molar refractivity (Wildman–Crippen MR) is 130 cm³/mol. The standard InChI is InChI=1S/C26H24N6O2/c1-3-21(22-4-2-8-27-25(22)5-1)23-17-30-32-18-19(15-29-26(23)32)24-7-6-20(16-28-24)34-14-11-31-9-12-33-13-10-31/h1-8,15-18H,9-14H2/i8D. The third-order valence-electron chi connectivity index (χ3n) is 6.05. The molecular weight excluding hydrogens is 428 g/mol. The summed E-state index contributed by atoms with van der Waals surface area (Å²) in [7, 11) is 0. The Morgan fingerprint density at radius 2 is 1.88 bits per heavy atom. The van der Waals surface area contributed by atoms with Crippen LogP contribution in [0.4, 0.5) is 0 Å². The minimum Gasteiger partial charge on any atom is -0.491 e. The molecule has 0 spiro atoms. The molecule has 6 rings (SSSR count). The molecule has 1 fully saturated rings. The molecule has 1 saturated heterocycles. The van der Waals surface area contributed by atoms with Crippen molar-refractivity contribution in [2.45, 2.75) is 0 Å². The first kappa shape index (κ1) is 19.6. The molecule has 8 heteroatoms. The highest BCUT2D eigenvalue weighted by molar-refractivity contribution is 5.97. The minimum atomic E-state index is 0.248. The number of morpholine rings is 1. The smallest absolute Gasteiger partial charge is 0.162 e. The van der Waals surface area contributed by atoms with E-state index in [9.17, 15) is 0 Å². The second-order valence-electron chi connectivity index (χ2n) is 8.16. The molecule has 0 bridgehead atoms. The number of benzene rings is 1. The Labute approximate surface area is 198 Å². The molecule has 0 N–H and O–H groups in total. The number of hydrogen-bond acceptors (Lipinski definition) is 7. The van der Waals surface area contributed by atoms with E-state index in [4.69, 9.17) is 15.8 Å². The zero-order chi connectivity index (χ0) is 23.6. The van der Waals surface area contributed by atoms with E-state index in [0.717, 1.165) is 77.5 Å². The first-order valence-electron chi connectivity index (χ1n) is 11.8. The van der Waals surface area contributed by atoms with Gasteiger partial charge in [-0.05, 0) is 29.8 Å². The number of aromatic nitrogens is 5. The number of rotatable bonds is 6. The summed E-state index contributed by atoms with van der Waals surface area (Å²) in [5.41, 5.74) is 5.10. The van der Waals surface area contributed by atoms with Gasteiger partial charge in [0.2, 0.25) is 0 Å². The number of pyridine rings is 2. The summed E-state index contributed by atoms with van der Waals surface area (Å²) in [6.45, 7) is 4.99. The molecule has 5 heterocycles. The Bertz CT molecular complexity index is 1480. The average molecular weight is 454 g/mol. The zero-order valence-electron chi connectivity index (χ0n) is 19.6. The molecule has 0 amide bonds. The highest BCUT2D eigenvalue weighted by atomic mass is 16.5. The van der Waals surface area contributed by atoms with Gasteiger partial charge in [0.05, 0.1) is 38.2 Å². The van der Waals surface area contributed by atoms with Gasteiger partial charge in [-0.2, -0.15) is 5.10 Å². The molecule has 0 radical (unpaired) electrons. The second kappa shape index (κ2) is 9.17. The maximum absolute atomic E-state index is 7.79. The highest BCUT2D eigenvalue weighted by Crippen LogP contribution is 2.30. The van der Waals surface area contributed by atoms with Gasteiger partial charge in [-0.15, -0.1) is 0 Å². The molecule has 4 aromatic heterocycles.